The highest BCUT2D eigenvalue weighted by molar-refractivity contribution is 6.31. The van der Waals surface area contributed by atoms with E-state index >= 15 is 0 Å². The number of carbonyl (C=O) groups is 2. The normalized spacial score (nSPS) is 19.1. The van der Waals surface area contributed by atoms with E-state index in [2.05, 4.69) is 0 Å². The number of hydrogen-bond donors (Lipinski definition) is 1. The van der Waals surface area contributed by atoms with E-state index in [4.69, 9.17) is 21.4 Å². The van der Waals surface area contributed by atoms with Crippen molar-refractivity contribution < 1.29 is 32.6 Å². The molecule has 1 aromatic carbocycles. The molecular formula is C13H11ClF3NO4. The van der Waals surface area contributed by atoms with Gasteiger partial charge in [-0.3, -0.25) is 4.79 Å². The fourth-order valence-electron chi connectivity index (χ4n) is 2.09. The van der Waals surface area contributed by atoms with Crippen LogP contribution in [0.15, 0.2) is 18.2 Å². The summed E-state index contributed by atoms with van der Waals surface area (Å²) in [5.74, 6) is -2.12. The smallest absolute Gasteiger partial charge is 0.416 e. The first-order chi connectivity index (χ1) is 10.2. The first-order valence-corrected chi connectivity index (χ1v) is 6.57. The first-order valence-electron chi connectivity index (χ1n) is 6.19. The number of halogens is 4. The number of benzene rings is 1. The van der Waals surface area contributed by atoms with Crippen molar-refractivity contribution in [3.8, 4) is 0 Å². The van der Waals surface area contributed by atoms with Crippen LogP contribution < -0.4 is 0 Å². The molecule has 9 heteroatoms. The number of morpholine rings is 1. The van der Waals surface area contributed by atoms with Gasteiger partial charge in [0.15, 0.2) is 6.04 Å². The predicted molar refractivity (Wildman–Crippen MR) is 69.7 cm³/mol. The third-order valence-corrected chi connectivity index (χ3v) is 3.36. The van der Waals surface area contributed by atoms with Crippen LogP contribution in [0.2, 0.25) is 5.02 Å². The van der Waals surface area contributed by atoms with Crippen LogP contribution in [0.4, 0.5) is 13.2 Å². The summed E-state index contributed by atoms with van der Waals surface area (Å²) < 4.78 is 43.3. The summed E-state index contributed by atoms with van der Waals surface area (Å²) in [6.07, 6.45) is -4.66. The van der Waals surface area contributed by atoms with Crippen LogP contribution in [-0.4, -0.2) is 47.7 Å². The molecule has 1 atom stereocenters. The van der Waals surface area contributed by atoms with Gasteiger partial charge in [0, 0.05) is 17.1 Å². The number of carboxylic acid groups (broad SMARTS) is 1. The van der Waals surface area contributed by atoms with Crippen LogP contribution in [-0.2, 0) is 15.7 Å². The van der Waals surface area contributed by atoms with Crippen molar-refractivity contribution in [3.05, 3.63) is 34.3 Å². The van der Waals surface area contributed by atoms with Gasteiger partial charge in [-0.25, -0.2) is 4.79 Å². The number of nitrogens with zero attached hydrogens (tertiary/aromatic N) is 1. The summed E-state index contributed by atoms with van der Waals surface area (Å²) in [5.41, 5.74) is -1.38. The van der Waals surface area contributed by atoms with E-state index in [9.17, 15) is 22.8 Å². The minimum atomic E-state index is -4.66. The Morgan fingerprint density at radius 3 is 2.59 bits per heavy atom. The average Bonchev–Trinajstić information content (AvgIpc) is 2.45. The summed E-state index contributed by atoms with van der Waals surface area (Å²) in [4.78, 5) is 24.4. The molecule has 22 heavy (non-hydrogen) atoms. The topological polar surface area (TPSA) is 66.8 Å². The number of rotatable bonds is 2. The van der Waals surface area contributed by atoms with Gasteiger partial charge >= 0.3 is 12.1 Å². The number of carbonyl (C=O) groups excluding carboxylic acids is 1. The fraction of sp³-hybridized carbons (Fsp3) is 0.385. The van der Waals surface area contributed by atoms with Gasteiger partial charge in [0.2, 0.25) is 0 Å². The highest BCUT2D eigenvalue weighted by atomic mass is 35.5. The molecule has 0 bridgehead atoms. The largest absolute Gasteiger partial charge is 0.480 e. The second-order valence-electron chi connectivity index (χ2n) is 4.65. The lowest BCUT2D eigenvalue weighted by molar-refractivity contribution is -0.147. The maximum absolute atomic E-state index is 12.8. The number of alkyl halides is 3. The summed E-state index contributed by atoms with van der Waals surface area (Å²) in [6.45, 7) is -0.125. The summed E-state index contributed by atoms with van der Waals surface area (Å²) in [5, 5.41) is 8.81. The van der Waals surface area contributed by atoms with Crippen molar-refractivity contribution in [1.82, 2.24) is 4.90 Å². The summed E-state index contributed by atoms with van der Waals surface area (Å²) >= 11 is 5.63. The highest BCUT2D eigenvalue weighted by Crippen LogP contribution is 2.32. The third kappa shape index (κ3) is 3.50. The van der Waals surface area contributed by atoms with Crippen molar-refractivity contribution in [2.24, 2.45) is 0 Å². The van der Waals surface area contributed by atoms with E-state index in [-0.39, 0.29) is 30.3 Å². The average molecular weight is 338 g/mol. The van der Waals surface area contributed by atoms with Gasteiger partial charge in [-0.05, 0) is 18.2 Å². The Hall–Kier alpha value is -1.80. The molecule has 2 rings (SSSR count). The van der Waals surface area contributed by atoms with E-state index in [1.165, 1.54) is 0 Å². The van der Waals surface area contributed by atoms with Crippen molar-refractivity contribution >= 4 is 23.5 Å². The molecule has 1 fully saturated rings. The molecule has 1 aliphatic rings. The van der Waals surface area contributed by atoms with Crippen LogP contribution in [0.25, 0.3) is 0 Å². The molecule has 120 valence electrons. The molecule has 1 aromatic rings. The maximum Gasteiger partial charge on any atom is 0.416 e. The molecule has 0 aromatic heterocycles. The minimum Gasteiger partial charge on any atom is -0.480 e. The Kier molecular flexibility index (Phi) is 4.62. The van der Waals surface area contributed by atoms with Crippen LogP contribution in [0.3, 0.4) is 0 Å². The monoisotopic (exact) mass is 337 g/mol. The lowest BCUT2D eigenvalue weighted by Crippen LogP contribution is -2.52. The Balaban J connectivity index is 2.36. The van der Waals surface area contributed by atoms with Gasteiger partial charge in [0.1, 0.15) is 0 Å². The summed E-state index contributed by atoms with van der Waals surface area (Å²) in [6, 6.07) is 1.19. The highest BCUT2D eigenvalue weighted by Gasteiger charge is 2.35. The Morgan fingerprint density at radius 1 is 1.32 bits per heavy atom. The van der Waals surface area contributed by atoms with Gasteiger partial charge in [0.05, 0.1) is 18.8 Å². The number of amides is 1. The van der Waals surface area contributed by atoms with Gasteiger partial charge in [-0.15, -0.1) is 0 Å². The molecule has 1 aliphatic heterocycles. The SMILES string of the molecule is O=C(O)C1COCCN1C(=O)c1cc(Cl)cc(C(F)(F)F)c1. The second kappa shape index (κ2) is 6.13. The van der Waals surface area contributed by atoms with Crippen LogP contribution in [0, 0.1) is 0 Å². The molecule has 1 N–H and O–H groups in total. The zero-order valence-corrected chi connectivity index (χ0v) is 11.8. The molecule has 1 heterocycles. The second-order valence-corrected chi connectivity index (χ2v) is 5.09. The zero-order chi connectivity index (χ0) is 16.5. The van der Waals surface area contributed by atoms with E-state index in [1.807, 2.05) is 0 Å². The standard InChI is InChI=1S/C13H11ClF3NO4/c14-9-4-7(3-8(5-9)13(15,16)17)11(19)18-1-2-22-6-10(18)12(20)21/h3-5,10H,1-2,6H2,(H,20,21). The fourth-order valence-corrected chi connectivity index (χ4v) is 2.33. The molecule has 0 aliphatic carbocycles. The Morgan fingerprint density at radius 2 is 2.00 bits per heavy atom. The maximum atomic E-state index is 12.8. The number of hydrogen-bond acceptors (Lipinski definition) is 3. The van der Waals surface area contributed by atoms with E-state index in [0.717, 1.165) is 11.0 Å². The van der Waals surface area contributed by atoms with E-state index in [1.54, 1.807) is 0 Å². The summed E-state index contributed by atoms with van der Waals surface area (Å²) in [7, 11) is 0. The molecule has 1 amide bonds. The minimum absolute atomic E-state index is 0.0241. The van der Waals surface area contributed by atoms with Crippen molar-refractivity contribution in [1.29, 1.82) is 0 Å². The number of carboxylic acids is 1. The van der Waals surface area contributed by atoms with E-state index in [0.29, 0.717) is 12.1 Å². The van der Waals surface area contributed by atoms with Crippen LogP contribution >= 0.6 is 11.6 Å². The molecular weight excluding hydrogens is 327 g/mol. The van der Waals surface area contributed by atoms with Crippen LogP contribution in [0.1, 0.15) is 15.9 Å². The van der Waals surface area contributed by atoms with Gasteiger partial charge < -0.3 is 14.7 Å². The first kappa shape index (κ1) is 16.6. The molecule has 1 saturated heterocycles. The van der Waals surface area contributed by atoms with Gasteiger partial charge in [0.25, 0.3) is 5.91 Å². The zero-order valence-electron chi connectivity index (χ0n) is 11.1. The molecule has 0 saturated carbocycles. The number of aliphatic carboxylic acids is 1. The Labute approximate surface area is 128 Å². The quantitative estimate of drug-likeness (QED) is 0.899. The Bertz CT molecular complexity index is 605. The van der Waals surface area contributed by atoms with Crippen molar-refractivity contribution in [3.63, 3.8) is 0 Å². The molecule has 0 radical (unpaired) electrons. The molecule has 0 spiro atoms. The lowest BCUT2D eigenvalue weighted by atomic mass is 10.1. The van der Waals surface area contributed by atoms with Gasteiger partial charge in [-0.1, -0.05) is 11.6 Å². The van der Waals surface area contributed by atoms with Crippen molar-refractivity contribution in [2.45, 2.75) is 12.2 Å². The lowest BCUT2D eigenvalue weighted by Gasteiger charge is -2.33. The van der Waals surface area contributed by atoms with Crippen LogP contribution in [0.5, 0.6) is 0 Å². The van der Waals surface area contributed by atoms with Gasteiger partial charge in [-0.2, -0.15) is 13.2 Å². The van der Waals surface area contributed by atoms with E-state index < -0.39 is 29.7 Å². The third-order valence-electron chi connectivity index (χ3n) is 3.15. The molecule has 1 unspecified atom stereocenters. The predicted octanol–water partition coefficient (Wildman–Crippen LogP) is 2.28. The number of ether oxygens (including phenoxy) is 1. The molecule has 5 nitrogen and oxygen atoms in total. The van der Waals surface area contributed by atoms with Crippen molar-refractivity contribution in [2.75, 3.05) is 19.8 Å².